The highest BCUT2D eigenvalue weighted by Crippen LogP contribution is 2.15. The van der Waals surface area contributed by atoms with Gasteiger partial charge in [-0.1, -0.05) is 0 Å². The Labute approximate surface area is 96.0 Å². The molecule has 0 spiro atoms. The Morgan fingerprint density at radius 2 is 2.31 bits per heavy atom. The van der Waals surface area contributed by atoms with Crippen LogP contribution >= 0.6 is 0 Å². The van der Waals surface area contributed by atoms with Crippen LogP contribution < -0.4 is 11.1 Å². The fraction of sp³-hybridized carbons (Fsp3) is 0.636. The van der Waals surface area contributed by atoms with Gasteiger partial charge in [0.25, 0.3) is 0 Å². The topological polar surface area (TPSA) is 72.9 Å². The maximum absolute atomic E-state index is 11.1. The molecule has 1 amide bonds. The molecule has 0 radical (unpaired) electrons. The lowest BCUT2D eigenvalue weighted by molar-refractivity contribution is -0.125. The van der Waals surface area contributed by atoms with Crippen molar-refractivity contribution in [3.05, 3.63) is 18.2 Å². The standard InChI is InChI=1S/C11H20N4O/c1-8(9-13-5-6-15(9)4)14-7-11(2,3)10(12)16/h5-6,8,14H,7H2,1-4H3,(H2,12,16). The average Bonchev–Trinajstić information content (AvgIpc) is 2.61. The molecule has 0 bridgehead atoms. The van der Waals surface area contributed by atoms with Gasteiger partial charge in [-0.3, -0.25) is 4.79 Å². The maximum atomic E-state index is 11.1. The third-order valence-electron chi connectivity index (χ3n) is 2.76. The number of aryl methyl sites for hydroxylation is 1. The van der Waals surface area contributed by atoms with Crippen LogP contribution in [0.1, 0.15) is 32.6 Å². The summed E-state index contributed by atoms with van der Waals surface area (Å²) in [4.78, 5) is 15.4. The van der Waals surface area contributed by atoms with E-state index in [4.69, 9.17) is 5.73 Å². The van der Waals surface area contributed by atoms with Crippen LogP contribution in [0.15, 0.2) is 12.4 Å². The lowest BCUT2D eigenvalue weighted by Gasteiger charge is -2.23. The first-order valence-corrected chi connectivity index (χ1v) is 5.35. The van der Waals surface area contributed by atoms with Crippen molar-refractivity contribution >= 4 is 5.91 Å². The molecule has 1 aromatic rings. The van der Waals surface area contributed by atoms with E-state index in [0.29, 0.717) is 6.54 Å². The number of carbonyl (C=O) groups excluding carboxylic acids is 1. The number of hydrogen-bond donors (Lipinski definition) is 2. The molecule has 90 valence electrons. The van der Waals surface area contributed by atoms with Crippen LogP contribution in [0.25, 0.3) is 0 Å². The number of nitrogens with zero attached hydrogens (tertiary/aromatic N) is 2. The van der Waals surface area contributed by atoms with Crippen LogP contribution in [0.2, 0.25) is 0 Å². The van der Waals surface area contributed by atoms with Crippen LogP contribution in [-0.2, 0) is 11.8 Å². The number of nitrogens with one attached hydrogen (secondary N) is 1. The normalized spacial score (nSPS) is 13.8. The molecule has 0 saturated heterocycles. The largest absolute Gasteiger partial charge is 0.369 e. The van der Waals surface area contributed by atoms with Gasteiger partial charge in [-0.25, -0.2) is 4.98 Å². The molecule has 0 aromatic carbocycles. The van der Waals surface area contributed by atoms with Crippen LogP contribution in [0.3, 0.4) is 0 Å². The molecule has 0 aliphatic heterocycles. The summed E-state index contributed by atoms with van der Waals surface area (Å²) in [5.41, 5.74) is 4.76. The van der Waals surface area contributed by atoms with E-state index < -0.39 is 5.41 Å². The van der Waals surface area contributed by atoms with Gasteiger partial charge in [0.15, 0.2) is 0 Å². The third kappa shape index (κ3) is 2.82. The molecule has 16 heavy (non-hydrogen) atoms. The molecule has 1 aromatic heterocycles. The quantitative estimate of drug-likeness (QED) is 0.768. The van der Waals surface area contributed by atoms with Crippen LogP contribution in [0, 0.1) is 5.41 Å². The van der Waals surface area contributed by atoms with Crippen molar-refractivity contribution in [3.63, 3.8) is 0 Å². The molecular weight excluding hydrogens is 204 g/mol. The summed E-state index contributed by atoms with van der Waals surface area (Å²) >= 11 is 0. The van der Waals surface area contributed by atoms with Gasteiger partial charge in [-0.05, 0) is 20.8 Å². The number of amides is 1. The molecule has 1 atom stereocenters. The van der Waals surface area contributed by atoms with E-state index in [1.165, 1.54) is 0 Å². The highest BCUT2D eigenvalue weighted by molar-refractivity contribution is 5.80. The van der Waals surface area contributed by atoms with Gasteiger partial charge in [0.05, 0.1) is 11.5 Å². The number of carbonyl (C=O) groups is 1. The lowest BCUT2D eigenvalue weighted by Crippen LogP contribution is -2.41. The molecule has 0 saturated carbocycles. The monoisotopic (exact) mass is 224 g/mol. The van der Waals surface area contributed by atoms with Gasteiger partial charge >= 0.3 is 0 Å². The second kappa shape index (κ2) is 4.65. The summed E-state index contributed by atoms with van der Waals surface area (Å²) in [6, 6.07) is 0.0959. The van der Waals surface area contributed by atoms with E-state index in [1.54, 1.807) is 6.20 Å². The van der Waals surface area contributed by atoms with Crippen LogP contribution in [-0.4, -0.2) is 22.0 Å². The van der Waals surface area contributed by atoms with E-state index in [-0.39, 0.29) is 11.9 Å². The van der Waals surface area contributed by atoms with Gasteiger partial charge in [0.2, 0.25) is 5.91 Å². The summed E-state index contributed by atoms with van der Waals surface area (Å²) in [5.74, 6) is 0.646. The van der Waals surface area contributed by atoms with E-state index in [9.17, 15) is 4.79 Å². The van der Waals surface area contributed by atoms with Crippen molar-refractivity contribution in [2.75, 3.05) is 6.54 Å². The first kappa shape index (κ1) is 12.7. The summed E-state index contributed by atoms with van der Waals surface area (Å²) in [6.07, 6.45) is 3.65. The SMILES string of the molecule is CC(NCC(C)(C)C(N)=O)c1nccn1C. The Hall–Kier alpha value is -1.36. The molecule has 1 unspecified atom stereocenters. The van der Waals surface area contributed by atoms with E-state index >= 15 is 0 Å². The van der Waals surface area contributed by atoms with Crippen molar-refractivity contribution in [3.8, 4) is 0 Å². The predicted molar refractivity (Wildman–Crippen MR) is 62.6 cm³/mol. The number of aromatic nitrogens is 2. The zero-order valence-corrected chi connectivity index (χ0v) is 10.3. The molecule has 5 nitrogen and oxygen atoms in total. The Morgan fingerprint density at radius 3 is 2.75 bits per heavy atom. The Balaban J connectivity index is 2.57. The van der Waals surface area contributed by atoms with Gasteiger partial charge in [-0.2, -0.15) is 0 Å². The van der Waals surface area contributed by atoms with Crippen molar-refractivity contribution in [2.45, 2.75) is 26.8 Å². The number of imidazole rings is 1. The third-order valence-corrected chi connectivity index (χ3v) is 2.76. The zero-order chi connectivity index (χ0) is 12.3. The van der Waals surface area contributed by atoms with Crippen molar-refractivity contribution < 1.29 is 4.79 Å². The van der Waals surface area contributed by atoms with Crippen molar-refractivity contribution in [1.29, 1.82) is 0 Å². The van der Waals surface area contributed by atoms with Crippen LogP contribution in [0.4, 0.5) is 0 Å². The fourth-order valence-electron chi connectivity index (χ4n) is 1.38. The molecule has 0 aliphatic carbocycles. The number of rotatable bonds is 5. The second-order valence-electron chi connectivity index (χ2n) is 4.75. The summed E-state index contributed by atoms with van der Waals surface area (Å²) in [7, 11) is 1.94. The first-order valence-electron chi connectivity index (χ1n) is 5.35. The average molecular weight is 224 g/mol. The Kier molecular flexibility index (Phi) is 3.70. The molecule has 0 fully saturated rings. The minimum atomic E-state index is -0.542. The zero-order valence-electron chi connectivity index (χ0n) is 10.3. The highest BCUT2D eigenvalue weighted by atomic mass is 16.1. The minimum Gasteiger partial charge on any atom is -0.369 e. The van der Waals surface area contributed by atoms with Crippen molar-refractivity contribution in [2.24, 2.45) is 18.2 Å². The summed E-state index contributed by atoms with van der Waals surface area (Å²) < 4.78 is 1.95. The van der Waals surface area contributed by atoms with Crippen molar-refractivity contribution in [1.82, 2.24) is 14.9 Å². The molecular formula is C11H20N4O. The smallest absolute Gasteiger partial charge is 0.224 e. The second-order valence-corrected chi connectivity index (χ2v) is 4.75. The molecule has 1 rings (SSSR count). The number of nitrogens with two attached hydrogens (primary N) is 1. The number of hydrogen-bond acceptors (Lipinski definition) is 3. The maximum Gasteiger partial charge on any atom is 0.224 e. The summed E-state index contributed by atoms with van der Waals surface area (Å²) in [6.45, 7) is 6.21. The van der Waals surface area contributed by atoms with Gasteiger partial charge < -0.3 is 15.6 Å². The highest BCUT2D eigenvalue weighted by Gasteiger charge is 2.25. The minimum absolute atomic E-state index is 0.0959. The Bertz CT molecular complexity index is 370. The van der Waals surface area contributed by atoms with Gasteiger partial charge in [0, 0.05) is 26.0 Å². The van der Waals surface area contributed by atoms with E-state index in [2.05, 4.69) is 10.3 Å². The van der Waals surface area contributed by atoms with Crippen LogP contribution in [0.5, 0.6) is 0 Å². The predicted octanol–water partition coefficient (Wildman–Crippen LogP) is 0.582. The van der Waals surface area contributed by atoms with E-state index in [1.807, 2.05) is 38.6 Å². The first-order chi connectivity index (χ1) is 7.34. The van der Waals surface area contributed by atoms with Gasteiger partial charge in [-0.15, -0.1) is 0 Å². The molecule has 5 heteroatoms. The summed E-state index contributed by atoms with van der Waals surface area (Å²) in [5, 5.41) is 3.26. The van der Waals surface area contributed by atoms with Gasteiger partial charge in [0.1, 0.15) is 5.82 Å². The lowest BCUT2D eigenvalue weighted by atomic mass is 9.92. The number of primary amides is 1. The Morgan fingerprint density at radius 1 is 1.69 bits per heavy atom. The fourth-order valence-corrected chi connectivity index (χ4v) is 1.38. The molecule has 1 heterocycles. The molecule has 0 aliphatic rings. The molecule has 3 N–H and O–H groups in total. The van der Waals surface area contributed by atoms with E-state index in [0.717, 1.165) is 5.82 Å².